The lowest BCUT2D eigenvalue weighted by Crippen LogP contribution is -2.01. The van der Waals surface area contributed by atoms with Crippen LogP contribution in [0.2, 0.25) is 0 Å². The Kier molecular flexibility index (Phi) is 3.66. The molecule has 0 unspecified atom stereocenters. The van der Waals surface area contributed by atoms with Gasteiger partial charge < -0.3 is 0 Å². The van der Waals surface area contributed by atoms with E-state index in [0.29, 0.717) is 15.6 Å². The fourth-order valence-electron chi connectivity index (χ4n) is 1.97. The van der Waals surface area contributed by atoms with E-state index < -0.39 is 5.82 Å². The van der Waals surface area contributed by atoms with Crippen molar-refractivity contribution in [3.05, 3.63) is 82.3 Å². The van der Waals surface area contributed by atoms with Gasteiger partial charge in [0, 0.05) is 11.8 Å². The zero-order chi connectivity index (χ0) is 14.8. The molecule has 104 valence electrons. The van der Waals surface area contributed by atoms with Gasteiger partial charge in [-0.15, -0.1) is 0 Å². The second-order valence-corrected chi connectivity index (χ2v) is 5.32. The third-order valence-corrected chi connectivity index (χ3v) is 3.69. The van der Waals surface area contributed by atoms with Gasteiger partial charge in [0.2, 0.25) is 0 Å². The van der Waals surface area contributed by atoms with E-state index in [1.54, 1.807) is 16.9 Å². The Morgan fingerprint density at radius 2 is 1.86 bits per heavy atom. The average molecular weight is 345 g/mol. The summed E-state index contributed by atoms with van der Waals surface area (Å²) in [5.74, 6) is -0.722. The van der Waals surface area contributed by atoms with E-state index in [1.807, 2.05) is 30.3 Å². The standard InChI is InChI=1S/C16H10BrFN2O/c17-14-7-6-11(8-15(14)18)16(21)12-9-19-20(10-12)13-4-2-1-3-5-13/h1-10H. The summed E-state index contributed by atoms with van der Waals surface area (Å²) in [6.45, 7) is 0. The van der Waals surface area contributed by atoms with Crippen LogP contribution in [0.1, 0.15) is 15.9 Å². The highest BCUT2D eigenvalue weighted by molar-refractivity contribution is 9.10. The molecular formula is C16H10BrFN2O. The monoisotopic (exact) mass is 344 g/mol. The topological polar surface area (TPSA) is 34.9 Å². The van der Waals surface area contributed by atoms with E-state index in [1.165, 1.54) is 18.3 Å². The third-order valence-electron chi connectivity index (χ3n) is 3.05. The first kappa shape index (κ1) is 13.7. The molecule has 5 heteroatoms. The van der Waals surface area contributed by atoms with Crippen molar-refractivity contribution < 1.29 is 9.18 Å². The molecule has 21 heavy (non-hydrogen) atoms. The number of benzene rings is 2. The Bertz CT molecular complexity index is 799. The van der Waals surface area contributed by atoms with Crippen LogP contribution in [-0.2, 0) is 0 Å². The molecule has 0 aliphatic heterocycles. The third kappa shape index (κ3) is 2.78. The molecule has 0 aliphatic carbocycles. The predicted octanol–water partition coefficient (Wildman–Crippen LogP) is 4.00. The number of nitrogens with zero attached hydrogens (tertiary/aromatic N) is 2. The molecule has 0 aliphatic rings. The molecule has 0 saturated heterocycles. The van der Waals surface area contributed by atoms with Crippen molar-refractivity contribution in [2.24, 2.45) is 0 Å². The van der Waals surface area contributed by atoms with Crippen LogP contribution >= 0.6 is 15.9 Å². The zero-order valence-corrected chi connectivity index (χ0v) is 12.4. The first-order valence-electron chi connectivity index (χ1n) is 6.25. The molecule has 0 fully saturated rings. The lowest BCUT2D eigenvalue weighted by atomic mass is 10.1. The van der Waals surface area contributed by atoms with E-state index in [4.69, 9.17) is 0 Å². The van der Waals surface area contributed by atoms with Gasteiger partial charge in [0.1, 0.15) is 5.82 Å². The smallest absolute Gasteiger partial charge is 0.196 e. The van der Waals surface area contributed by atoms with Crippen LogP contribution in [0.3, 0.4) is 0 Å². The van der Waals surface area contributed by atoms with E-state index in [0.717, 1.165) is 5.69 Å². The molecule has 0 N–H and O–H groups in total. The van der Waals surface area contributed by atoms with E-state index >= 15 is 0 Å². The highest BCUT2D eigenvalue weighted by Crippen LogP contribution is 2.19. The molecule has 0 amide bonds. The lowest BCUT2D eigenvalue weighted by molar-refractivity contribution is 0.103. The largest absolute Gasteiger partial charge is 0.288 e. The highest BCUT2D eigenvalue weighted by atomic mass is 79.9. The van der Waals surface area contributed by atoms with Crippen LogP contribution in [0.4, 0.5) is 4.39 Å². The van der Waals surface area contributed by atoms with Gasteiger partial charge in [-0.25, -0.2) is 9.07 Å². The van der Waals surface area contributed by atoms with E-state index in [-0.39, 0.29) is 5.78 Å². The minimum Gasteiger partial charge on any atom is -0.288 e. The van der Waals surface area contributed by atoms with Crippen LogP contribution in [0.25, 0.3) is 5.69 Å². The number of hydrogen-bond acceptors (Lipinski definition) is 2. The Labute approximate surface area is 129 Å². The van der Waals surface area contributed by atoms with Crippen LogP contribution < -0.4 is 0 Å². The minimum atomic E-state index is -0.462. The number of carbonyl (C=O) groups is 1. The molecular weight excluding hydrogens is 335 g/mol. The summed E-state index contributed by atoms with van der Waals surface area (Å²) in [6.07, 6.45) is 3.12. The van der Waals surface area contributed by atoms with Crippen molar-refractivity contribution in [1.82, 2.24) is 9.78 Å². The van der Waals surface area contributed by atoms with Crippen molar-refractivity contribution >= 4 is 21.7 Å². The number of ketones is 1. The molecule has 1 heterocycles. The number of rotatable bonds is 3. The molecule has 0 saturated carbocycles. The maximum absolute atomic E-state index is 13.5. The van der Waals surface area contributed by atoms with Crippen LogP contribution in [0.5, 0.6) is 0 Å². The normalized spacial score (nSPS) is 10.6. The fraction of sp³-hybridized carbons (Fsp3) is 0. The second-order valence-electron chi connectivity index (χ2n) is 4.47. The predicted molar refractivity (Wildman–Crippen MR) is 81.1 cm³/mol. The quantitative estimate of drug-likeness (QED) is 0.673. The first-order valence-corrected chi connectivity index (χ1v) is 7.04. The number of aromatic nitrogens is 2. The number of para-hydroxylation sites is 1. The molecule has 2 aromatic carbocycles. The summed E-state index contributed by atoms with van der Waals surface area (Å²) in [5, 5.41) is 4.17. The van der Waals surface area contributed by atoms with Gasteiger partial charge in [-0.05, 0) is 46.3 Å². The molecule has 3 aromatic rings. The Hall–Kier alpha value is -2.27. The SMILES string of the molecule is O=C(c1ccc(Br)c(F)c1)c1cnn(-c2ccccc2)c1. The van der Waals surface area contributed by atoms with Gasteiger partial charge in [0.15, 0.2) is 5.78 Å². The van der Waals surface area contributed by atoms with Gasteiger partial charge in [-0.1, -0.05) is 18.2 Å². The summed E-state index contributed by atoms with van der Waals surface area (Å²) in [7, 11) is 0. The summed E-state index contributed by atoms with van der Waals surface area (Å²) in [6, 6.07) is 13.8. The zero-order valence-electron chi connectivity index (χ0n) is 10.8. The van der Waals surface area contributed by atoms with E-state index in [2.05, 4.69) is 21.0 Å². The van der Waals surface area contributed by atoms with Crippen molar-refractivity contribution in [3.8, 4) is 5.69 Å². The Morgan fingerprint density at radius 3 is 2.57 bits per heavy atom. The molecule has 0 atom stereocenters. The fourth-order valence-corrected chi connectivity index (χ4v) is 2.21. The summed E-state index contributed by atoms with van der Waals surface area (Å²) < 4.78 is 15.5. The molecule has 1 aromatic heterocycles. The summed E-state index contributed by atoms with van der Waals surface area (Å²) in [4.78, 5) is 12.3. The van der Waals surface area contributed by atoms with E-state index in [9.17, 15) is 9.18 Å². The second kappa shape index (κ2) is 5.61. The maximum Gasteiger partial charge on any atom is 0.196 e. The van der Waals surface area contributed by atoms with Crippen molar-refractivity contribution in [2.75, 3.05) is 0 Å². The maximum atomic E-state index is 13.5. The molecule has 0 bridgehead atoms. The van der Waals surface area contributed by atoms with Gasteiger partial charge >= 0.3 is 0 Å². The number of hydrogen-bond donors (Lipinski definition) is 0. The van der Waals surface area contributed by atoms with Crippen LogP contribution in [-0.4, -0.2) is 15.6 Å². The van der Waals surface area contributed by atoms with Gasteiger partial charge in [-0.2, -0.15) is 5.10 Å². The van der Waals surface area contributed by atoms with Crippen molar-refractivity contribution in [3.63, 3.8) is 0 Å². The van der Waals surface area contributed by atoms with Crippen LogP contribution in [0, 0.1) is 5.82 Å². The highest BCUT2D eigenvalue weighted by Gasteiger charge is 2.13. The summed E-state index contributed by atoms with van der Waals surface area (Å²) >= 11 is 3.07. The van der Waals surface area contributed by atoms with Crippen LogP contribution in [0.15, 0.2) is 65.4 Å². The Balaban J connectivity index is 1.92. The van der Waals surface area contributed by atoms with Crippen molar-refractivity contribution in [1.29, 1.82) is 0 Å². The number of halogens is 2. The average Bonchev–Trinajstić information content (AvgIpc) is 3.00. The van der Waals surface area contributed by atoms with Gasteiger partial charge in [-0.3, -0.25) is 4.79 Å². The summed E-state index contributed by atoms with van der Waals surface area (Å²) in [5.41, 5.74) is 1.57. The molecule has 3 rings (SSSR count). The molecule has 3 nitrogen and oxygen atoms in total. The van der Waals surface area contributed by atoms with Gasteiger partial charge in [0.05, 0.1) is 21.9 Å². The lowest BCUT2D eigenvalue weighted by Gasteiger charge is -2.01. The first-order chi connectivity index (χ1) is 10.1. The minimum absolute atomic E-state index is 0.261. The van der Waals surface area contributed by atoms with Crippen molar-refractivity contribution in [2.45, 2.75) is 0 Å². The Morgan fingerprint density at radius 1 is 1.10 bits per heavy atom. The molecule has 0 spiro atoms. The number of carbonyl (C=O) groups excluding carboxylic acids is 1. The van der Waals surface area contributed by atoms with Gasteiger partial charge in [0.25, 0.3) is 0 Å². The molecule has 0 radical (unpaired) electrons.